The van der Waals surface area contributed by atoms with E-state index in [0.717, 1.165) is 12.7 Å². The first-order valence-electron chi connectivity index (χ1n) is 3.69. The van der Waals surface area contributed by atoms with Crippen molar-refractivity contribution in [3.05, 3.63) is 30.9 Å². The number of amides is 1. The second-order valence-corrected chi connectivity index (χ2v) is 5.23. The van der Waals surface area contributed by atoms with Crippen LogP contribution in [-0.4, -0.2) is 24.9 Å². The van der Waals surface area contributed by atoms with Gasteiger partial charge in [-0.05, 0) is 63.4 Å². The molecule has 0 aliphatic carbocycles. The van der Waals surface area contributed by atoms with E-state index >= 15 is 0 Å². The second-order valence-electron chi connectivity index (χ2n) is 2.82. The highest BCUT2D eigenvalue weighted by molar-refractivity contribution is 14.1. The Morgan fingerprint density at radius 1 is 1.31 bits per heavy atom. The van der Waals surface area contributed by atoms with E-state index in [1.165, 1.54) is 0 Å². The smallest absolute Gasteiger partial charge is 0.254 e. The standard InChI is InChI=1S/C9H9I2NO/c1-12(2)9(13)7-5-6(10)3-4-8(7)11/h3-5H,1-2H3. The molecule has 0 aromatic heterocycles. The number of carbonyl (C=O) groups excluding carboxylic acids is 1. The Balaban J connectivity index is 3.13. The third-order valence-corrected chi connectivity index (χ3v) is 3.18. The summed E-state index contributed by atoms with van der Waals surface area (Å²) in [7, 11) is 3.52. The van der Waals surface area contributed by atoms with Crippen molar-refractivity contribution >= 4 is 51.1 Å². The minimum absolute atomic E-state index is 0.0583. The first-order valence-corrected chi connectivity index (χ1v) is 5.85. The van der Waals surface area contributed by atoms with Crippen LogP contribution in [0, 0.1) is 7.14 Å². The first-order chi connectivity index (χ1) is 6.02. The van der Waals surface area contributed by atoms with E-state index < -0.39 is 0 Å². The average Bonchev–Trinajstić information content (AvgIpc) is 2.08. The van der Waals surface area contributed by atoms with E-state index in [-0.39, 0.29) is 5.91 Å². The molecule has 1 aromatic carbocycles. The van der Waals surface area contributed by atoms with Crippen molar-refractivity contribution in [3.63, 3.8) is 0 Å². The molecule has 0 bridgehead atoms. The maximum absolute atomic E-state index is 11.6. The minimum atomic E-state index is 0.0583. The fraction of sp³-hybridized carbons (Fsp3) is 0.222. The number of hydrogen-bond acceptors (Lipinski definition) is 1. The van der Waals surface area contributed by atoms with Gasteiger partial charge < -0.3 is 4.90 Å². The Morgan fingerprint density at radius 3 is 2.46 bits per heavy atom. The Hall–Kier alpha value is 0.150. The quantitative estimate of drug-likeness (QED) is 0.663. The van der Waals surface area contributed by atoms with E-state index in [2.05, 4.69) is 45.2 Å². The zero-order valence-corrected chi connectivity index (χ0v) is 11.7. The van der Waals surface area contributed by atoms with E-state index in [4.69, 9.17) is 0 Å². The zero-order valence-electron chi connectivity index (χ0n) is 7.34. The molecule has 0 N–H and O–H groups in total. The molecule has 0 fully saturated rings. The van der Waals surface area contributed by atoms with Crippen LogP contribution in [0.1, 0.15) is 10.4 Å². The van der Waals surface area contributed by atoms with Crippen LogP contribution in [0.2, 0.25) is 0 Å². The third kappa shape index (κ3) is 2.80. The lowest BCUT2D eigenvalue weighted by Crippen LogP contribution is -2.22. The number of hydrogen-bond donors (Lipinski definition) is 0. The summed E-state index contributed by atoms with van der Waals surface area (Å²) < 4.78 is 2.08. The summed E-state index contributed by atoms with van der Waals surface area (Å²) in [4.78, 5) is 13.2. The van der Waals surface area contributed by atoms with Crippen LogP contribution in [0.15, 0.2) is 18.2 Å². The van der Waals surface area contributed by atoms with Crippen molar-refractivity contribution in [2.75, 3.05) is 14.1 Å². The van der Waals surface area contributed by atoms with Gasteiger partial charge in [-0.15, -0.1) is 0 Å². The van der Waals surface area contributed by atoms with Gasteiger partial charge in [-0.2, -0.15) is 0 Å². The van der Waals surface area contributed by atoms with Crippen molar-refractivity contribution in [3.8, 4) is 0 Å². The van der Waals surface area contributed by atoms with Crippen LogP contribution < -0.4 is 0 Å². The summed E-state index contributed by atoms with van der Waals surface area (Å²) in [5.74, 6) is 0.0583. The van der Waals surface area contributed by atoms with Crippen LogP contribution in [0.25, 0.3) is 0 Å². The van der Waals surface area contributed by atoms with Crippen molar-refractivity contribution < 1.29 is 4.79 Å². The predicted octanol–water partition coefficient (Wildman–Crippen LogP) is 2.60. The molecule has 0 atom stereocenters. The Bertz CT molecular complexity index is 336. The molecule has 0 saturated carbocycles. The molecule has 13 heavy (non-hydrogen) atoms. The van der Waals surface area contributed by atoms with Gasteiger partial charge in [0.2, 0.25) is 0 Å². The number of nitrogens with zero attached hydrogens (tertiary/aromatic N) is 1. The highest BCUT2D eigenvalue weighted by atomic mass is 127. The highest BCUT2D eigenvalue weighted by Gasteiger charge is 2.11. The van der Waals surface area contributed by atoms with E-state index in [9.17, 15) is 4.79 Å². The van der Waals surface area contributed by atoms with Gasteiger partial charge >= 0.3 is 0 Å². The molecule has 2 nitrogen and oxygen atoms in total. The van der Waals surface area contributed by atoms with Gasteiger partial charge in [0.25, 0.3) is 5.91 Å². The lowest BCUT2D eigenvalue weighted by Gasteiger charge is -2.11. The Morgan fingerprint density at radius 2 is 1.92 bits per heavy atom. The number of rotatable bonds is 1. The number of halogens is 2. The largest absolute Gasteiger partial charge is 0.345 e. The van der Waals surface area contributed by atoms with Crippen LogP contribution in [-0.2, 0) is 0 Å². The van der Waals surface area contributed by atoms with Crippen LogP contribution in [0.3, 0.4) is 0 Å². The van der Waals surface area contributed by atoms with E-state index in [1.807, 2.05) is 18.2 Å². The molecular formula is C9H9I2NO. The maximum atomic E-state index is 11.6. The van der Waals surface area contributed by atoms with Crippen LogP contribution >= 0.6 is 45.2 Å². The van der Waals surface area contributed by atoms with Gasteiger partial charge in [0.1, 0.15) is 0 Å². The first kappa shape index (κ1) is 11.2. The normalized spacial score (nSPS) is 9.85. The van der Waals surface area contributed by atoms with Crippen LogP contribution in [0.5, 0.6) is 0 Å². The molecule has 70 valence electrons. The van der Waals surface area contributed by atoms with Crippen molar-refractivity contribution in [1.29, 1.82) is 0 Å². The average molecular weight is 401 g/mol. The summed E-state index contributed by atoms with van der Waals surface area (Å²) in [5.41, 5.74) is 0.775. The van der Waals surface area contributed by atoms with Gasteiger partial charge in [-0.25, -0.2) is 0 Å². The van der Waals surface area contributed by atoms with Gasteiger partial charge in [0, 0.05) is 21.2 Å². The predicted molar refractivity (Wildman–Crippen MR) is 69.9 cm³/mol. The molecule has 0 aliphatic heterocycles. The zero-order chi connectivity index (χ0) is 10.0. The molecule has 0 aliphatic rings. The monoisotopic (exact) mass is 401 g/mol. The molecule has 0 saturated heterocycles. The van der Waals surface area contributed by atoms with Gasteiger partial charge in [0.15, 0.2) is 0 Å². The molecule has 1 amide bonds. The Labute approximate surface area is 105 Å². The summed E-state index contributed by atoms with van der Waals surface area (Å²) in [6.07, 6.45) is 0. The fourth-order valence-electron chi connectivity index (χ4n) is 0.902. The third-order valence-electron chi connectivity index (χ3n) is 1.56. The lowest BCUT2D eigenvalue weighted by molar-refractivity contribution is 0.0826. The molecule has 0 heterocycles. The lowest BCUT2D eigenvalue weighted by atomic mass is 10.2. The van der Waals surface area contributed by atoms with Gasteiger partial charge in [-0.3, -0.25) is 4.79 Å². The fourth-order valence-corrected chi connectivity index (χ4v) is 1.96. The van der Waals surface area contributed by atoms with E-state index in [0.29, 0.717) is 0 Å². The van der Waals surface area contributed by atoms with E-state index in [1.54, 1.807) is 19.0 Å². The summed E-state index contributed by atoms with van der Waals surface area (Å²) in [5, 5.41) is 0. The SMILES string of the molecule is CN(C)C(=O)c1cc(I)ccc1I. The topological polar surface area (TPSA) is 20.3 Å². The Kier molecular flexibility index (Phi) is 3.96. The van der Waals surface area contributed by atoms with Gasteiger partial charge in [-0.1, -0.05) is 0 Å². The number of carbonyl (C=O) groups is 1. The summed E-state index contributed by atoms with van der Waals surface area (Å²) in [6.45, 7) is 0. The molecule has 0 unspecified atom stereocenters. The van der Waals surface area contributed by atoms with Crippen molar-refractivity contribution in [1.82, 2.24) is 4.90 Å². The van der Waals surface area contributed by atoms with Crippen LogP contribution in [0.4, 0.5) is 0 Å². The minimum Gasteiger partial charge on any atom is -0.345 e. The molecule has 1 aromatic rings. The maximum Gasteiger partial charge on any atom is 0.254 e. The molecule has 1 rings (SSSR count). The van der Waals surface area contributed by atoms with Gasteiger partial charge in [0.05, 0.1) is 5.56 Å². The van der Waals surface area contributed by atoms with Crippen molar-refractivity contribution in [2.24, 2.45) is 0 Å². The number of benzene rings is 1. The second kappa shape index (κ2) is 4.59. The highest BCUT2D eigenvalue weighted by Crippen LogP contribution is 2.16. The summed E-state index contributed by atoms with van der Waals surface area (Å²) in [6, 6.07) is 5.86. The molecule has 0 spiro atoms. The molecular weight excluding hydrogens is 392 g/mol. The molecule has 4 heteroatoms. The summed E-state index contributed by atoms with van der Waals surface area (Å²) >= 11 is 4.38. The molecule has 0 radical (unpaired) electrons. The van der Waals surface area contributed by atoms with Crippen molar-refractivity contribution in [2.45, 2.75) is 0 Å².